The van der Waals surface area contributed by atoms with E-state index in [4.69, 9.17) is 11.6 Å². The molecule has 1 aromatic carbocycles. The van der Waals surface area contributed by atoms with Gasteiger partial charge < -0.3 is 5.32 Å². The summed E-state index contributed by atoms with van der Waals surface area (Å²) in [6.45, 7) is 2.43. The molecular weight excluding hydrogens is 308 g/mol. The molecule has 0 aliphatic heterocycles. The summed E-state index contributed by atoms with van der Waals surface area (Å²) in [5, 5.41) is 2.69. The normalized spacial score (nSPS) is 12.2. The molecule has 1 unspecified atom stereocenters. The van der Waals surface area contributed by atoms with E-state index in [2.05, 4.69) is 21.2 Å². The van der Waals surface area contributed by atoms with Crippen molar-refractivity contribution in [1.29, 1.82) is 0 Å². The van der Waals surface area contributed by atoms with Crippen LogP contribution in [0.15, 0.2) is 22.7 Å². The molecule has 0 fully saturated rings. The maximum Gasteiger partial charge on any atom is 0.255 e. The van der Waals surface area contributed by atoms with Gasteiger partial charge in [-0.25, -0.2) is 4.39 Å². The maximum absolute atomic E-state index is 13.4. The molecule has 1 aromatic rings. The van der Waals surface area contributed by atoms with Crippen LogP contribution in [0.25, 0.3) is 0 Å². The summed E-state index contributed by atoms with van der Waals surface area (Å²) in [4.78, 5) is 11.7. The zero-order valence-corrected chi connectivity index (χ0v) is 11.8. The first-order valence-electron chi connectivity index (χ1n) is 5.42. The summed E-state index contributed by atoms with van der Waals surface area (Å²) >= 11 is 9.08. The minimum atomic E-state index is -0.533. The average Bonchev–Trinajstić information content (AvgIpc) is 2.28. The molecule has 0 saturated carbocycles. The Hall–Kier alpha value is -0.610. The third-order valence-corrected chi connectivity index (χ3v) is 3.56. The molecule has 2 nitrogen and oxygen atoms in total. The van der Waals surface area contributed by atoms with Gasteiger partial charge in [-0.1, -0.05) is 13.0 Å². The third-order valence-electron chi connectivity index (χ3n) is 2.38. The summed E-state index contributed by atoms with van der Waals surface area (Å²) in [6, 6.07) is 4.44. The number of nitrogens with one attached hydrogen (secondary N) is 1. The van der Waals surface area contributed by atoms with Crippen LogP contribution in [0.5, 0.6) is 0 Å². The molecule has 5 heteroatoms. The lowest BCUT2D eigenvalue weighted by atomic mass is 10.2. The number of benzene rings is 1. The highest BCUT2D eigenvalue weighted by Gasteiger charge is 2.14. The van der Waals surface area contributed by atoms with Gasteiger partial charge in [-0.2, -0.15) is 0 Å². The fourth-order valence-corrected chi connectivity index (χ4v) is 1.98. The topological polar surface area (TPSA) is 29.1 Å². The lowest BCUT2D eigenvalue weighted by Gasteiger charge is -2.09. The van der Waals surface area contributed by atoms with Crippen LogP contribution in [0.1, 0.15) is 30.1 Å². The standard InChI is InChI=1S/C12H14BrClFNO/c1-2-8(14)6-7-16-12(17)11-9(13)4-3-5-10(11)15/h3-5,8H,2,6-7H2,1H3,(H,16,17). The Bertz CT molecular complexity index is 380. The largest absolute Gasteiger partial charge is 0.352 e. The van der Waals surface area contributed by atoms with Crippen LogP contribution in [0.3, 0.4) is 0 Å². The predicted molar refractivity (Wildman–Crippen MR) is 71.0 cm³/mol. The molecule has 94 valence electrons. The number of rotatable bonds is 5. The number of hydrogen-bond acceptors (Lipinski definition) is 1. The molecule has 1 amide bonds. The van der Waals surface area contributed by atoms with Crippen LogP contribution in [-0.4, -0.2) is 17.8 Å². The van der Waals surface area contributed by atoms with Gasteiger partial charge in [0.1, 0.15) is 5.82 Å². The number of carbonyl (C=O) groups is 1. The lowest BCUT2D eigenvalue weighted by Crippen LogP contribution is -2.27. The lowest BCUT2D eigenvalue weighted by molar-refractivity contribution is 0.0948. The van der Waals surface area contributed by atoms with Crippen molar-refractivity contribution >= 4 is 33.4 Å². The summed E-state index contributed by atoms with van der Waals surface area (Å²) in [6.07, 6.45) is 1.52. The molecule has 0 heterocycles. The third kappa shape index (κ3) is 4.28. The van der Waals surface area contributed by atoms with Crippen LogP contribution in [0.2, 0.25) is 0 Å². The first-order valence-corrected chi connectivity index (χ1v) is 6.65. The van der Waals surface area contributed by atoms with Gasteiger partial charge in [0.2, 0.25) is 0 Å². The molecule has 1 atom stereocenters. The van der Waals surface area contributed by atoms with E-state index in [0.717, 1.165) is 6.42 Å². The van der Waals surface area contributed by atoms with Crippen molar-refractivity contribution in [2.24, 2.45) is 0 Å². The van der Waals surface area contributed by atoms with Crippen molar-refractivity contribution in [2.75, 3.05) is 6.54 Å². The van der Waals surface area contributed by atoms with E-state index in [9.17, 15) is 9.18 Å². The number of halogens is 3. The molecule has 0 spiro atoms. The maximum atomic E-state index is 13.4. The number of hydrogen-bond donors (Lipinski definition) is 1. The van der Waals surface area contributed by atoms with Crippen LogP contribution >= 0.6 is 27.5 Å². The summed E-state index contributed by atoms with van der Waals surface area (Å²) in [7, 11) is 0. The molecule has 0 aromatic heterocycles. The molecule has 1 N–H and O–H groups in total. The fraction of sp³-hybridized carbons (Fsp3) is 0.417. The Morgan fingerprint density at radius 1 is 1.59 bits per heavy atom. The molecule has 0 aliphatic carbocycles. The second-order valence-electron chi connectivity index (χ2n) is 3.65. The number of amides is 1. The van der Waals surface area contributed by atoms with Crippen LogP contribution in [0.4, 0.5) is 4.39 Å². The number of alkyl halides is 1. The Balaban J connectivity index is 2.59. The van der Waals surface area contributed by atoms with E-state index in [1.165, 1.54) is 6.07 Å². The van der Waals surface area contributed by atoms with E-state index in [0.29, 0.717) is 17.4 Å². The van der Waals surface area contributed by atoms with E-state index < -0.39 is 11.7 Å². The van der Waals surface area contributed by atoms with Gasteiger partial charge in [-0.15, -0.1) is 11.6 Å². The molecule has 0 radical (unpaired) electrons. The fourth-order valence-electron chi connectivity index (χ4n) is 1.35. The van der Waals surface area contributed by atoms with Gasteiger partial charge in [0.05, 0.1) is 5.56 Å². The molecular formula is C12H14BrClFNO. The Morgan fingerprint density at radius 2 is 2.29 bits per heavy atom. The molecule has 0 aliphatic rings. The van der Waals surface area contributed by atoms with Gasteiger partial charge in [0, 0.05) is 16.4 Å². The van der Waals surface area contributed by atoms with E-state index in [1.54, 1.807) is 12.1 Å². The smallest absolute Gasteiger partial charge is 0.255 e. The van der Waals surface area contributed by atoms with E-state index in [-0.39, 0.29) is 10.9 Å². The van der Waals surface area contributed by atoms with E-state index in [1.807, 2.05) is 6.92 Å². The van der Waals surface area contributed by atoms with Crippen molar-refractivity contribution in [3.05, 3.63) is 34.1 Å². The van der Waals surface area contributed by atoms with Gasteiger partial charge in [-0.3, -0.25) is 4.79 Å². The van der Waals surface area contributed by atoms with Crippen LogP contribution in [0, 0.1) is 5.82 Å². The minimum Gasteiger partial charge on any atom is -0.352 e. The second-order valence-corrected chi connectivity index (χ2v) is 5.12. The van der Waals surface area contributed by atoms with Crippen LogP contribution in [-0.2, 0) is 0 Å². The summed E-state index contributed by atoms with van der Waals surface area (Å²) in [5.41, 5.74) is 0.0371. The first kappa shape index (κ1) is 14.5. The highest BCUT2D eigenvalue weighted by Crippen LogP contribution is 2.19. The predicted octanol–water partition coefficient (Wildman–Crippen LogP) is 3.73. The second kappa shape index (κ2) is 6.97. The average molecular weight is 323 g/mol. The van der Waals surface area contributed by atoms with Gasteiger partial charge in [0.15, 0.2) is 0 Å². The van der Waals surface area contributed by atoms with Crippen molar-refractivity contribution in [1.82, 2.24) is 5.32 Å². The zero-order chi connectivity index (χ0) is 12.8. The van der Waals surface area contributed by atoms with Gasteiger partial charge in [0.25, 0.3) is 5.91 Å². The van der Waals surface area contributed by atoms with Crippen molar-refractivity contribution in [2.45, 2.75) is 25.1 Å². The van der Waals surface area contributed by atoms with Crippen molar-refractivity contribution in [3.63, 3.8) is 0 Å². The first-order chi connectivity index (χ1) is 8.06. The minimum absolute atomic E-state index is 0.0371. The summed E-state index contributed by atoms with van der Waals surface area (Å²) in [5.74, 6) is -0.954. The van der Waals surface area contributed by atoms with Crippen molar-refractivity contribution in [3.8, 4) is 0 Å². The quantitative estimate of drug-likeness (QED) is 0.822. The number of carbonyl (C=O) groups excluding carboxylic acids is 1. The van der Waals surface area contributed by atoms with Gasteiger partial charge in [-0.05, 0) is 40.9 Å². The SMILES string of the molecule is CCC(Cl)CCNC(=O)c1c(F)cccc1Br. The highest BCUT2D eigenvalue weighted by atomic mass is 79.9. The van der Waals surface area contributed by atoms with Crippen molar-refractivity contribution < 1.29 is 9.18 Å². The van der Waals surface area contributed by atoms with Gasteiger partial charge >= 0.3 is 0 Å². The molecule has 1 rings (SSSR count). The Labute approximate surface area is 114 Å². The molecule has 0 bridgehead atoms. The van der Waals surface area contributed by atoms with E-state index >= 15 is 0 Å². The summed E-state index contributed by atoms with van der Waals surface area (Å²) < 4.78 is 13.9. The van der Waals surface area contributed by atoms with Crippen LogP contribution < -0.4 is 5.32 Å². The molecule has 17 heavy (non-hydrogen) atoms. The highest BCUT2D eigenvalue weighted by molar-refractivity contribution is 9.10. The zero-order valence-electron chi connectivity index (χ0n) is 9.47. The Morgan fingerprint density at radius 3 is 2.88 bits per heavy atom. The molecule has 0 saturated heterocycles. The Kier molecular flexibility index (Phi) is 5.92. The monoisotopic (exact) mass is 321 g/mol.